The van der Waals surface area contributed by atoms with Crippen molar-refractivity contribution in [2.24, 2.45) is 0 Å². The van der Waals surface area contributed by atoms with E-state index in [-0.39, 0.29) is 0 Å². The number of aliphatic hydroxyl groups excluding tert-OH is 2. The van der Waals surface area contributed by atoms with Crippen LogP contribution in [-0.2, 0) is 0 Å². The van der Waals surface area contributed by atoms with Crippen LogP contribution in [0.4, 0.5) is 0 Å². The van der Waals surface area contributed by atoms with E-state index in [1.54, 1.807) is 6.92 Å². The largest absolute Gasteiger partial charge is 0.394 e. The Balaban J connectivity index is 4.37. The van der Waals surface area contributed by atoms with Crippen molar-refractivity contribution in [1.82, 2.24) is 0 Å². The fourth-order valence-corrected chi connectivity index (χ4v) is 7.17. The number of rotatable bonds is 31. The summed E-state index contributed by atoms with van der Waals surface area (Å²) in [5.74, 6) is 0. The molecular formula is C45H86O8. The Labute approximate surface area is 325 Å². The van der Waals surface area contributed by atoms with E-state index < -0.39 is 46.3 Å². The Kier molecular flexibility index (Phi) is 24.0. The summed E-state index contributed by atoms with van der Waals surface area (Å²) in [5, 5.41) is 83.6. The monoisotopic (exact) mass is 755 g/mol. The lowest BCUT2D eigenvalue weighted by Gasteiger charge is -2.30. The Bertz CT molecular complexity index is 1080. The van der Waals surface area contributed by atoms with Gasteiger partial charge in [-0.15, -0.1) is 0 Å². The first-order valence-corrected chi connectivity index (χ1v) is 20.8. The molecule has 0 spiro atoms. The summed E-state index contributed by atoms with van der Waals surface area (Å²) in [5.41, 5.74) is -1.56. The van der Waals surface area contributed by atoms with Gasteiger partial charge in [0.1, 0.15) is 6.10 Å². The molecule has 0 saturated heterocycles. The molecular weight excluding hydrogens is 668 g/mol. The average Bonchev–Trinajstić information content (AvgIpc) is 2.99. The summed E-state index contributed by atoms with van der Waals surface area (Å²) in [6, 6.07) is 0. The second-order valence-electron chi connectivity index (χ2n) is 18.8. The molecule has 314 valence electrons. The van der Waals surface area contributed by atoms with Crippen molar-refractivity contribution in [3.8, 4) is 0 Å². The third-order valence-electron chi connectivity index (χ3n) is 11.3. The molecule has 0 amide bonds. The third-order valence-corrected chi connectivity index (χ3v) is 11.3. The smallest absolute Gasteiger partial charge is 0.105 e. The van der Waals surface area contributed by atoms with Crippen LogP contribution in [0, 0.1) is 0 Å². The van der Waals surface area contributed by atoms with E-state index >= 15 is 0 Å². The first kappa shape index (κ1) is 51.9. The van der Waals surface area contributed by atoms with Crippen molar-refractivity contribution in [1.29, 1.82) is 0 Å². The van der Waals surface area contributed by atoms with Crippen molar-refractivity contribution in [2.45, 2.75) is 244 Å². The van der Waals surface area contributed by atoms with E-state index in [1.165, 1.54) is 16.7 Å². The quantitative estimate of drug-likeness (QED) is 0.0326. The Morgan fingerprint density at radius 2 is 0.755 bits per heavy atom. The summed E-state index contributed by atoms with van der Waals surface area (Å²) in [7, 11) is 0. The maximum absolute atomic E-state index is 11.0. The van der Waals surface area contributed by atoms with Crippen molar-refractivity contribution in [2.75, 3.05) is 6.61 Å². The second-order valence-corrected chi connectivity index (χ2v) is 18.8. The first-order valence-electron chi connectivity index (χ1n) is 20.8. The van der Waals surface area contributed by atoms with E-state index in [2.05, 4.69) is 45.9 Å². The van der Waals surface area contributed by atoms with Crippen LogP contribution in [0.3, 0.4) is 0 Å². The topological polar surface area (TPSA) is 162 Å². The second kappa shape index (κ2) is 24.5. The highest BCUT2D eigenvalue weighted by molar-refractivity contribution is 5.04. The predicted molar refractivity (Wildman–Crippen MR) is 221 cm³/mol. The van der Waals surface area contributed by atoms with E-state index in [0.29, 0.717) is 89.9 Å². The summed E-state index contributed by atoms with van der Waals surface area (Å²) in [6.07, 6.45) is 20.1. The molecule has 0 aliphatic rings. The predicted octanol–water partition coefficient (Wildman–Crippen LogP) is 8.90. The lowest BCUT2D eigenvalue weighted by atomic mass is 9.84. The van der Waals surface area contributed by atoms with Crippen LogP contribution in [0.5, 0.6) is 0 Å². The Morgan fingerprint density at radius 1 is 0.434 bits per heavy atom. The SMILES string of the molecule is CC(C)=CCCC(C)(O)CCCC(C)(O)CCCC(C)(O)CCCC(C)(O)CCCC(C)(O)CCC/C(C)=C/CC/C(C)=C/CC[C@](C)(O)[C@H](O)CO. The van der Waals surface area contributed by atoms with Crippen molar-refractivity contribution in [3.05, 3.63) is 34.9 Å². The highest BCUT2D eigenvalue weighted by Gasteiger charge is 2.30. The first-order chi connectivity index (χ1) is 24.2. The lowest BCUT2D eigenvalue weighted by Crippen LogP contribution is -2.41. The van der Waals surface area contributed by atoms with Crippen LogP contribution < -0.4 is 0 Å². The standard InChI is InChI=1S/C45H86O8/c1-36(2)19-12-24-40(5,48)26-15-28-42(7,50)30-17-32-44(9,52)33-18-31-43(8,51)29-16-27-41(6,49)25-13-22-37(3)20-11-21-38(4)23-14-34-45(10,53)39(47)35-46/h19-20,23,39,46-53H,11-18,21-22,24-35H2,1-10H3/b37-20+,38-23+/t39-,40?,41?,42?,43?,44?,45+/m1/s1. The summed E-state index contributed by atoms with van der Waals surface area (Å²) in [6.45, 7) is 18.7. The van der Waals surface area contributed by atoms with Gasteiger partial charge < -0.3 is 40.9 Å². The molecule has 8 heteroatoms. The zero-order valence-corrected chi connectivity index (χ0v) is 35.9. The van der Waals surface area contributed by atoms with Gasteiger partial charge in [-0.25, -0.2) is 0 Å². The van der Waals surface area contributed by atoms with Crippen molar-refractivity contribution in [3.63, 3.8) is 0 Å². The molecule has 53 heavy (non-hydrogen) atoms. The van der Waals surface area contributed by atoms with Crippen molar-refractivity contribution < 1.29 is 40.9 Å². The summed E-state index contributed by atoms with van der Waals surface area (Å²) in [4.78, 5) is 0. The minimum Gasteiger partial charge on any atom is -0.394 e. The molecule has 0 bridgehead atoms. The average molecular weight is 755 g/mol. The molecule has 0 heterocycles. The van der Waals surface area contributed by atoms with Gasteiger partial charge in [0, 0.05) is 0 Å². The van der Waals surface area contributed by atoms with Crippen LogP contribution in [0.25, 0.3) is 0 Å². The Hall–Kier alpha value is -1.10. The molecule has 0 aliphatic heterocycles. The summed E-state index contributed by atoms with van der Waals surface area (Å²) < 4.78 is 0. The molecule has 0 aliphatic carbocycles. The lowest BCUT2D eigenvalue weighted by molar-refractivity contribution is -0.0866. The minimum atomic E-state index is -1.30. The van der Waals surface area contributed by atoms with Gasteiger partial charge in [-0.05, 0) is 204 Å². The normalized spacial score (nSPS) is 20.3. The van der Waals surface area contributed by atoms with E-state index in [1.807, 2.05) is 34.6 Å². The van der Waals surface area contributed by atoms with Gasteiger partial charge in [-0.3, -0.25) is 0 Å². The molecule has 0 fully saturated rings. The minimum absolute atomic E-state index is 0.390. The van der Waals surface area contributed by atoms with Gasteiger partial charge in [0.05, 0.1) is 40.2 Å². The fraction of sp³-hybridized carbons (Fsp3) is 0.867. The third kappa shape index (κ3) is 28.0. The molecule has 0 aromatic carbocycles. The van der Waals surface area contributed by atoms with E-state index in [9.17, 15) is 35.7 Å². The number of hydrogen-bond acceptors (Lipinski definition) is 8. The molecule has 0 aromatic heterocycles. The number of allylic oxidation sites excluding steroid dienone is 6. The summed E-state index contributed by atoms with van der Waals surface area (Å²) >= 11 is 0. The van der Waals surface area contributed by atoms with Crippen LogP contribution in [0.1, 0.15) is 204 Å². The van der Waals surface area contributed by atoms with Gasteiger partial charge in [-0.1, -0.05) is 34.9 Å². The zero-order valence-electron chi connectivity index (χ0n) is 35.9. The maximum Gasteiger partial charge on any atom is 0.105 e. The molecule has 0 aromatic rings. The molecule has 8 N–H and O–H groups in total. The molecule has 7 atom stereocenters. The van der Waals surface area contributed by atoms with Crippen LogP contribution in [-0.4, -0.2) is 87.2 Å². The van der Waals surface area contributed by atoms with Gasteiger partial charge in [-0.2, -0.15) is 0 Å². The number of aliphatic hydroxyl groups is 8. The molecule has 0 rings (SSSR count). The van der Waals surface area contributed by atoms with Crippen LogP contribution in [0.2, 0.25) is 0 Å². The highest BCUT2D eigenvalue weighted by atomic mass is 16.4. The Morgan fingerprint density at radius 3 is 1.13 bits per heavy atom. The fourth-order valence-electron chi connectivity index (χ4n) is 7.17. The van der Waals surface area contributed by atoms with Gasteiger partial charge >= 0.3 is 0 Å². The maximum atomic E-state index is 11.0. The molecule has 8 nitrogen and oxygen atoms in total. The molecule has 0 saturated carbocycles. The molecule has 0 radical (unpaired) electrons. The van der Waals surface area contributed by atoms with Crippen molar-refractivity contribution >= 4 is 0 Å². The van der Waals surface area contributed by atoms with Gasteiger partial charge in [0.15, 0.2) is 0 Å². The van der Waals surface area contributed by atoms with Gasteiger partial charge in [0.25, 0.3) is 0 Å². The van der Waals surface area contributed by atoms with Gasteiger partial charge in [0.2, 0.25) is 0 Å². The zero-order chi connectivity index (χ0) is 41.0. The van der Waals surface area contributed by atoms with Crippen LogP contribution in [0.15, 0.2) is 34.9 Å². The van der Waals surface area contributed by atoms with E-state index in [4.69, 9.17) is 5.11 Å². The highest BCUT2D eigenvalue weighted by Crippen LogP contribution is 2.31. The number of hydrogen-bond donors (Lipinski definition) is 8. The van der Waals surface area contributed by atoms with E-state index in [0.717, 1.165) is 44.9 Å². The van der Waals surface area contributed by atoms with Crippen LogP contribution >= 0.6 is 0 Å². The molecule has 5 unspecified atom stereocenters.